The van der Waals surface area contributed by atoms with Crippen LogP contribution in [0.2, 0.25) is 0 Å². The first-order valence-corrected chi connectivity index (χ1v) is 8.80. The van der Waals surface area contributed by atoms with Gasteiger partial charge in [-0.25, -0.2) is 0 Å². The third kappa shape index (κ3) is 5.26. The monoisotopic (exact) mass is 296 g/mol. The van der Waals surface area contributed by atoms with Crippen molar-refractivity contribution in [3.8, 4) is 0 Å². The highest BCUT2D eigenvalue weighted by Crippen LogP contribution is 2.34. The largest absolute Gasteiger partial charge is 0.480 e. The lowest BCUT2D eigenvalue weighted by molar-refractivity contribution is -0.145. The molecule has 0 saturated heterocycles. The van der Waals surface area contributed by atoms with Crippen molar-refractivity contribution in [3.05, 3.63) is 0 Å². The zero-order valence-corrected chi connectivity index (χ0v) is 13.7. The fourth-order valence-electron chi connectivity index (χ4n) is 3.26. The van der Waals surface area contributed by atoms with Gasteiger partial charge >= 0.3 is 5.97 Å². The number of carboxylic acid groups (broad SMARTS) is 1. The Balaban J connectivity index is 1.78. The molecule has 0 aromatic heterocycles. The van der Waals surface area contributed by atoms with E-state index in [9.17, 15) is 9.90 Å². The summed E-state index contributed by atoms with van der Waals surface area (Å²) in [5.41, 5.74) is -0.723. The number of carbonyl (C=O) groups is 1. The van der Waals surface area contributed by atoms with Crippen LogP contribution in [-0.2, 0) is 4.79 Å². The van der Waals surface area contributed by atoms with E-state index in [0.29, 0.717) is 13.0 Å². The number of hydrogen-bond donors (Lipinski definition) is 2. The smallest absolute Gasteiger partial charge is 0.323 e. The molecule has 0 aliphatic heterocycles. The van der Waals surface area contributed by atoms with Crippen LogP contribution in [0, 0.1) is 11.8 Å². The van der Waals surface area contributed by atoms with E-state index in [-0.39, 0.29) is 0 Å². The van der Waals surface area contributed by atoms with Gasteiger partial charge in [-0.2, -0.15) is 0 Å². The van der Waals surface area contributed by atoms with E-state index in [2.05, 4.69) is 10.2 Å². The second kappa shape index (κ2) is 7.59. The Hall–Kier alpha value is -0.610. The molecule has 2 N–H and O–H groups in total. The molecule has 1 atom stereocenters. The molecule has 0 aromatic carbocycles. The van der Waals surface area contributed by atoms with E-state index < -0.39 is 11.5 Å². The summed E-state index contributed by atoms with van der Waals surface area (Å²) in [4.78, 5) is 14.2. The molecule has 0 spiro atoms. The van der Waals surface area contributed by atoms with Crippen LogP contribution < -0.4 is 5.32 Å². The van der Waals surface area contributed by atoms with E-state index in [1.54, 1.807) is 0 Å². The first-order chi connectivity index (χ1) is 10.1. The van der Waals surface area contributed by atoms with Gasteiger partial charge in [-0.15, -0.1) is 0 Å². The molecule has 0 amide bonds. The molecule has 0 aromatic rings. The Kier molecular flexibility index (Phi) is 6.06. The van der Waals surface area contributed by atoms with E-state index in [4.69, 9.17) is 0 Å². The predicted molar refractivity (Wildman–Crippen MR) is 85.5 cm³/mol. The molecule has 2 rings (SSSR count). The van der Waals surface area contributed by atoms with E-state index >= 15 is 0 Å². The quantitative estimate of drug-likeness (QED) is 0.581. The summed E-state index contributed by atoms with van der Waals surface area (Å²) in [5.74, 6) is 1.16. The number of hydrogen-bond acceptors (Lipinski definition) is 3. The molecular formula is C17H32N2O2. The molecule has 2 aliphatic carbocycles. The summed E-state index contributed by atoms with van der Waals surface area (Å²) in [6, 6.07) is 0. The number of rotatable bonds is 12. The Morgan fingerprint density at radius 3 is 2.14 bits per heavy atom. The molecule has 2 fully saturated rings. The fraction of sp³-hybridized carbons (Fsp3) is 0.941. The standard InChI is InChI=1S/C17H32N2O2/c1-3-17(16(20)21,18-4-2)10-5-11-19(12-14-6-7-14)13-15-8-9-15/h14-15,18H,3-13H2,1-2H3,(H,20,21). The van der Waals surface area contributed by atoms with Gasteiger partial charge in [0.15, 0.2) is 0 Å². The highest BCUT2D eigenvalue weighted by atomic mass is 16.4. The second-order valence-corrected chi connectivity index (χ2v) is 7.02. The molecular weight excluding hydrogens is 264 g/mol. The molecule has 0 heterocycles. The molecule has 2 aliphatic rings. The number of nitrogens with zero attached hydrogens (tertiary/aromatic N) is 1. The van der Waals surface area contributed by atoms with Crippen LogP contribution in [0.5, 0.6) is 0 Å². The fourth-order valence-corrected chi connectivity index (χ4v) is 3.26. The van der Waals surface area contributed by atoms with Gasteiger partial charge in [0.05, 0.1) is 0 Å². The lowest BCUT2D eigenvalue weighted by Gasteiger charge is -2.30. The molecule has 0 bridgehead atoms. The summed E-state index contributed by atoms with van der Waals surface area (Å²) in [5, 5.41) is 12.8. The lowest BCUT2D eigenvalue weighted by atomic mass is 9.90. The highest BCUT2D eigenvalue weighted by Gasteiger charge is 2.35. The van der Waals surface area contributed by atoms with Gasteiger partial charge in [0, 0.05) is 13.1 Å². The van der Waals surface area contributed by atoms with E-state index in [1.165, 1.54) is 38.8 Å². The maximum Gasteiger partial charge on any atom is 0.323 e. The van der Waals surface area contributed by atoms with Gasteiger partial charge in [0.2, 0.25) is 0 Å². The number of carboxylic acids is 1. The maximum absolute atomic E-state index is 11.6. The van der Waals surface area contributed by atoms with E-state index in [0.717, 1.165) is 31.2 Å². The minimum atomic E-state index is -0.723. The van der Waals surface area contributed by atoms with Crippen LogP contribution in [0.1, 0.15) is 58.8 Å². The van der Waals surface area contributed by atoms with Crippen LogP contribution >= 0.6 is 0 Å². The topological polar surface area (TPSA) is 52.6 Å². The third-order valence-corrected chi connectivity index (χ3v) is 5.03. The van der Waals surface area contributed by atoms with Crippen LogP contribution in [0.4, 0.5) is 0 Å². The summed E-state index contributed by atoms with van der Waals surface area (Å²) in [6.07, 6.45) is 7.95. The first kappa shape index (κ1) is 16.8. The Bertz CT molecular complexity index is 326. The summed E-state index contributed by atoms with van der Waals surface area (Å²) < 4.78 is 0. The van der Waals surface area contributed by atoms with Crippen molar-refractivity contribution in [1.29, 1.82) is 0 Å². The molecule has 21 heavy (non-hydrogen) atoms. The minimum Gasteiger partial charge on any atom is -0.480 e. The van der Waals surface area contributed by atoms with Crippen LogP contribution in [0.3, 0.4) is 0 Å². The highest BCUT2D eigenvalue weighted by molar-refractivity contribution is 5.78. The molecule has 0 radical (unpaired) electrons. The average Bonchev–Trinajstić information content (AvgIpc) is 3.33. The van der Waals surface area contributed by atoms with Crippen LogP contribution in [-0.4, -0.2) is 47.7 Å². The number of nitrogens with one attached hydrogen (secondary N) is 1. The average molecular weight is 296 g/mol. The molecule has 4 heteroatoms. The van der Waals surface area contributed by atoms with Gasteiger partial charge in [0.25, 0.3) is 0 Å². The Labute approximate surface area is 129 Å². The molecule has 4 nitrogen and oxygen atoms in total. The van der Waals surface area contributed by atoms with Gasteiger partial charge in [-0.3, -0.25) is 4.79 Å². The molecule has 2 saturated carbocycles. The minimum absolute atomic E-state index is 0.654. The number of likely N-dealkylation sites (N-methyl/N-ethyl adjacent to an activating group) is 1. The summed E-state index contributed by atoms with van der Waals surface area (Å²) in [6.45, 7) is 8.22. The zero-order valence-electron chi connectivity index (χ0n) is 13.7. The predicted octanol–water partition coefficient (Wildman–Crippen LogP) is 2.73. The Morgan fingerprint density at radius 2 is 1.76 bits per heavy atom. The van der Waals surface area contributed by atoms with Crippen molar-refractivity contribution in [1.82, 2.24) is 10.2 Å². The van der Waals surface area contributed by atoms with Crippen molar-refractivity contribution in [2.24, 2.45) is 11.8 Å². The van der Waals surface area contributed by atoms with Crippen LogP contribution in [0.25, 0.3) is 0 Å². The molecule has 122 valence electrons. The molecule has 1 unspecified atom stereocenters. The van der Waals surface area contributed by atoms with Gasteiger partial charge in [-0.1, -0.05) is 13.8 Å². The van der Waals surface area contributed by atoms with Crippen molar-refractivity contribution < 1.29 is 9.90 Å². The van der Waals surface area contributed by atoms with Crippen molar-refractivity contribution in [3.63, 3.8) is 0 Å². The summed E-state index contributed by atoms with van der Waals surface area (Å²) >= 11 is 0. The van der Waals surface area contributed by atoms with Gasteiger partial charge < -0.3 is 15.3 Å². The SMILES string of the molecule is CCNC(CC)(CCCN(CC1CC1)CC1CC1)C(=O)O. The first-order valence-electron chi connectivity index (χ1n) is 8.80. The van der Waals surface area contributed by atoms with Crippen LogP contribution in [0.15, 0.2) is 0 Å². The van der Waals surface area contributed by atoms with Crippen molar-refractivity contribution in [2.45, 2.75) is 64.3 Å². The maximum atomic E-state index is 11.6. The van der Waals surface area contributed by atoms with Crippen molar-refractivity contribution >= 4 is 5.97 Å². The van der Waals surface area contributed by atoms with Crippen molar-refractivity contribution in [2.75, 3.05) is 26.2 Å². The number of aliphatic carboxylic acids is 1. The van der Waals surface area contributed by atoms with Gasteiger partial charge in [0.1, 0.15) is 5.54 Å². The normalized spacial score (nSPS) is 21.5. The third-order valence-electron chi connectivity index (χ3n) is 5.03. The summed E-state index contributed by atoms with van der Waals surface area (Å²) in [7, 11) is 0. The van der Waals surface area contributed by atoms with E-state index in [1.807, 2.05) is 13.8 Å². The Morgan fingerprint density at radius 1 is 1.19 bits per heavy atom. The zero-order chi connectivity index (χ0) is 15.3. The second-order valence-electron chi connectivity index (χ2n) is 7.02. The lowest BCUT2D eigenvalue weighted by Crippen LogP contribution is -2.52. The van der Waals surface area contributed by atoms with Gasteiger partial charge in [-0.05, 0) is 69.9 Å².